The lowest BCUT2D eigenvalue weighted by atomic mass is 10.1. The first-order valence-electron chi connectivity index (χ1n) is 7.29. The zero-order chi connectivity index (χ0) is 19.4. The summed E-state index contributed by atoms with van der Waals surface area (Å²) in [6.07, 6.45) is -0.779. The predicted octanol–water partition coefficient (Wildman–Crippen LogP) is -1.12. The van der Waals surface area contributed by atoms with Crippen LogP contribution in [0.5, 0.6) is 0 Å². The Morgan fingerprint density at radius 1 is 0.840 bits per heavy atom. The number of amides is 3. The molecule has 0 aromatic rings. The molecular weight excluding hydrogens is 358 g/mol. The lowest BCUT2D eigenvalue weighted by Crippen LogP contribution is -2.51. The highest BCUT2D eigenvalue weighted by Crippen LogP contribution is 1.99. The highest BCUT2D eigenvalue weighted by atomic mass is 32.1. The van der Waals surface area contributed by atoms with Gasteiger partial charge in [-0.1, -0.05) is 0 Å². The Bertz CT molecular complexity index is 514. The molecule has 0 spiro atoms. The van der Waals surface area contributed by atoms with E-state index < -0.39 is 42.4 Å². The van der Waals surface area contributed by atoms with E-state index in [2.05, 4.69) is 23.3 Å². The topological polar surface area (TPSA) is 182 Å². The Morgan fingerprint density at radius 2 is 1.36 bits per heavy atom. The van der Waals surface area contributed by atoms with Crippen LogP contribution in [0, 0.1) is 0 Å². The molecule has 0 rings (SSSR count). The van der Waals surface area contributed by atoms with Gasteiger partial charge in [-0.2, -0.15) is 12.6 Å². The van der Waals surface area contributed by atoms with E-state index in [9.17, 15) is 24.0 Å². The Kier molecular flexibility index (Phi) is 10.8. The van der Waals surface area contributed by atoms with E-state index in [1.165, 1.54) is 0 Å². The van der Waals surface area contributed by atoms with Crippen LogP contribution in [0.1, 0.15) is 25.7 Å². The second-order valence-corrected chi connectivity index (χ2v) is 5.39. The Morgan fingerprint density at radius 3 is 1.80 bits per heavy atom. The van der Waals surface area contributed by atoms with Crippen LogP contribution in [0.3, 0.4) is 0 Å². The maximum atomic E-state index is 11.7. The number of aliphatic carboxylic acids is 3. The fourth-order valence-electron chi connectivity index (χ4n) is 1.69. The van der Waals surface area contributed by atoms with Crippen LogP contribution in [0.4, 0.5) is 4.79 Å². The molecule has 0 aliphatic heterocycles. The third kappa shape index (κ3) is 10.8. The number of hydrogen-bond donors (Lipinski definition) is 7. The standard InChI is InChI=1S/C13H21N3O8S/c17-9(4-6-25)14-5-3-8(12(22)23)16-13(24)15-7(11(20)21)1-2-10(18)19/h7-8,25H,1-6H2,(H,14,17)(H,18,19)(H,20,21)(H,22,23)(H2,15,16,24)/t7-,8-/m0/s1. The summed E-state index contributed by atoms with van der Waals surface area (Å²) >= 11 is 3.87. The van der Waals surface area contributed by atoms with E-state index in [4.69, 9.17) is 15.3 Å². The van der Waals surface area contributed by atoms with Crippen molar-refractivity contribution in [3.05, 3.63) is 0 Å². The van der Waals surface area contributed by atoms with Gasteiger partial charge in [-0.05, 0) is 18.6 Å². The second-order valence-electron chi connectivity index (χ2n) is 4.94. The monoisotopic (exact) mass is 379 g/mol. The molecule has 0 aromatic carbocycles. The Hall–Kier alpha value is -2.50. The van der Waals surface area contributed by atoms with Crippen LogP contribution in [0.25, 0.3) is 0 Å². The summed E-state index contributed by atoms with van der Waals surface area (Å²) in [5, 5.41) is 33.0. The molecule has 0 aliphatic carbocycles. The van der Waals surface area contributed by atoms with Gasteiger partial charge in [0.25, 0.3) is 0 Å². The summed E-state index contributed by atoms with van der Waals surface area (Å²) in [7, 11) is 0. The zero-order valence-electron chi connectivity index (χ0n) is 13.2. The average Bonchev–Trinajstić information content (AvgIpc) is 2.50. The first kappa shape index (κ1) is 22.5. The number of rotatable bonds is 12. The van der Waals surface area contributed by atoms with Gasteiger partial charge < -0.3 is 31.3 Å². The minimum Gasteiger partial charge on any atom is -0.481 e. The van der Waals surface area contributed by atoms with Gasteiger partial charge in [0.2, 0.25) is 5.91 Å². The molecule has 11 nitrogen and oxygen atoms in total. The maximum absolute atomic E-state index is 11.7. The van der Waals surface area contributed by atoms with Crippen molar-refractivity contribution < 1.29 is 39.3 Å². The van der Waals surface area contributed by atoms with Crippen LogP contribution in [-0.2, 0) is 19.2 Å². The quantitative estimate of drug-likeness (QED) is 0.208. The molecule has 142 valence electrons. The van der Waals surface area contributed by atoms with Crippen molar-refractivity contribution in [3.8, 4) is 0 Å². The summed E-state index contributed by atoms with van der Waals surface area (Å²) in [5.41, 5.74) is 0. The molecule has 0 radical (unpaired) electrons. The molecule has 3 amide bonds. The summed E-state index contributed by atoms with van der Waals surface area (Å²) in [6, 6.07) is -3.89. The van der Waals surface area contributed by atoms with E-state index >= 15 is 0 Å². The lowest BCUT2D eigenvalue weighted by Gasteiger charge is -2.18. The number of carbonyl (C=O) groups is 5. The molecular formula is C13H21N3O8S. The van der Waals surface area contributed by atoms with E-state index in [1.54, 1.807) is 0 Å². The van der Waals surface area contributed by atoms with Crippen molar-refractivity contribution >= 4 is 42.5 Å². The normalized spacial score (nSPS) is 12.5. The van der Waals surface area contributed by atoms with Crippen molar-refractivity contribution in [1.29, 1.82) is 0 Å². The number of carboxylic acids is 3. The molecule has 0 aromatic heterocycles. The fraction of sp³-hybridized carbons (Fsp3) is 0.615. The summed E-state index contributed by atoms with van der Waals surface area (Å²) in [6.45, 7) is -0.00870. The molecule has 0 saturated carbocycles. The average molecular weight is 379 g/mol. The van der Waals surface area contributed by atoms with Gasteiger partial charge in [0, 0.05) is 19.4 Å². The molecule has 0 heterocycles. The predicted molar refractivity (Wildman–Crippen MR) is 87.5 cm³/mol. The molecule has 6 N–H and O–H groups in total. The van der Waals surface area contributed by atoms with Crippen molar-refractivity contribution in [3.63, 3.8) is 0 Å². The zero-order valence-corrected chi connectivity index (χ0v) is 14.1. The van der Waals surface area contributed by atoms with Gasteiger partial charge in [-0.15, -0.1) is 0 Å². The van der Waals surface area contributed by atoms with Crippen LogP contribution >= 0.6 is 12.6 Å². The minimum atomic E-state index is -1.47. The van der Waals surface area contributed by atoms with Crippen molar-refractivity contribution in [2.75, 3.05) is 12.3 Å². The van der Waals surface area contributed by atoms with Crippen molar-refractivity contribution in [1.82, 2.24) is 16.0 Å². The molecule has 25 heavy (non-hydrogen) atoms. The molecule has 0 unspecified atom stereocenters. The van der Waals surface area contributed by atoms with Crippen LogP contribution < -0.4 is 16.0 Å². The smallest absolute Gasteiger partial charge is 0.326 e. The van der Waals surface area contributed by atoms with E-state index in [-0.39, 0.29) is 31.7 Å². The van der Waals surface area contributed by atoms with Crippen LogP contribution in [0.2, 0.25) is 0 Å². The summed E-state index contributed by atoms with van der Waals surface area (Å²) in [4.78, 5) is 55.5. The third-order valence-corrected chi connectivity index (χ3v) is 3.17. The number of hydrogen-bond acceptors (Lipinski definition) is 6. The maximum Gasteiger partial charge on any atom is 0.326 e. The molecule has 0 bridgehead atoms. The first-order valence-corrected chi connectivity index (χ1v) is 7.92. The molecule has 0 aliphatic rings. The van der Waals surface area contributed by atoms with Gasteiger partial charge in [0.15, 0.2) is 0 Å². The third-order valence-electron chi connectivity index (χ3n) is 2.95. The molecule has 2 atom stereocenters. The number of nitrogens with one attached hydrogen (secondary N) is 3. The number of thiol groups is 1. The molecule has 0 fully saturated rings. The van der Waals surface area contributed by atoms with E-state index in [0.717, 1.165) is 0 Å². The number of carboxylic acid groups (broad SMARTS) is 3. The van der Waals surface area contributed by atoms with Crippen molar-refractivity contribution in [2.24, 2.45) is 0 Å². The first-order chi connectivity index (χ1) is 11.7. The molecule has 12 heteroatoms. The van der Waals surface area contributed by atoms with Crippen LogP contribution in [-0.4, -0.2) is 69.5 Å². The second kappa shape index (κ2) is 11.9. The van der Waals surface area contributed by atoms with Gasteiger partial charge in [-0.3, -0.25) is 9.59 Å². The summed E-state index contributed by atoms with van der Waals surface area (Å²) < 4.78 is 0. The summed E-state index contributed by atoms with van der Waals surface area (Å²) in [5.74, 6) is -4.02. The SMILES string of the molecule is O=C(O)CC[C@H](NC(=O)N[C@@H](CCNC(=O)CCS)C(=O)O)C(=O)O. The van der Waals surface area contributed by atoms with Gasteiger partial charge >= 0.3 is 23.9 Å². The van der Waals surface area contributed by atoms with Crippen LogP contribution in [0.15, 0.2) is 0 Å². The Labute approximate surface area is 148 Å². The fourth-order valence-corrected chi connectivity index (χ4v) is 1.89. The van der Waals surface area contributed by atoms with E-state index in [1.807, 2.05) is 5.32 Å². The largest absolute Gasteiger partial charge is 0.481 e. The van der Waals surface area contributed by atoms with Gasteiger partial charge in [0.05, 0.1) is 0 Å². The van der Waals surface area contributed by atoms with E-state index in [0.29, 0.717) is 5.75 Å². The molecule has 0 saturated heterocycles. The lowest BCUT2D eigenvalue weighted by molar-refractivity contribution is -0.140. The number of carbonyl (C=O) groups excluding carboxylic acids is 2. The van der Waals surface area contributed by atoms with Gasteiger partial charge in [0.1, 0.15) is 12.1 Å². The highest BCUT2D eigenvalue weighted by Gasteiger charge is 2.24. The van der Waals surface area contributed by atoms with Crippen molar-refractivity contribution in [2.45, 2.75) is 37.8 Å². The highest BCUT2D eigenvalue weighted by molar-refractivity contribution is 7.80. The Balaban J connectivity index is 4.50. The van der Waals surface area contributed by atoms with Gasteiger partial charge in [-0.25, -0.2) is 14.4 Å². The minimum absolute atomic E-state index is 0.00870. The number of urea groups is 1.